The molecule has 6 atom stereocenters. The van der Waals surface area contributed by atoms with Gasteiger partial charge in [-0.2, -0.15) is 0 Å². The van der Waals surface area contributed by atoms with Crippen LogP contribution >= 0.6 is 22.9 Å². The van der Waals surface area contributed by atoms with E-state index in [-0.39, 0.29) is 67.4 Å². The van der Waals surface area contributed by atoms with Crippen LogP contribution in [0, 0.1) is 33.1 Å². The zero-order valence-corrected chi connectivity index (χ0v) is 44.0. The lowest BCUT2D eigenvalue weighted by atomic mass is 9.85. The number of nitrogens with zero attached hydrogens (tertiary/aromatic N) is 7. The first-order chi connectivity index (χ1) is 34.3. The molecule has 3 aromatic heterocycles. The lowest BCUT2D eigenvalue weighted by Crippen LogP contribution is -2.58. The van der Waals surface area contributed by atoms with Crippen molar-refractivity contribution in [2.75, 3.05) is 6.54 Å². The van der Waals surface area contributed by atoms with Crippen molar-refractivity contribution in [3.63, 3.8) is 0 Å². The number of carbonyl (C=O) groups is 3. The number of thiophene rings is 1. The number of β-amino-alcohol motifs (C(OH)–C–C–N with tert-alkyl or cyclic N) is 1. The Morgan fingerprint density at radius 1 is 0.903 bits per heavy atom. The number of likely N-dealkylation sites (tertiary alicyclic amines) is 1. The van der Waals surface area contributed by atoms with Gasteiger partial charge in [-0.05, 0) is 106 Å². The van der Waals surface area contributed by atoms with Crippen LogP contribution in [0.2, 0.25) is 5.02 Å². The molecule has 17 heteroatoms. The first-order valence-electron chi connectivity index (χ1n) is 24.9. The van der Waals surface area contributed by atoms with E-state index in [9.17, 15) is 19.5 Å². The van der Waals surface area contributed by atoms with Crippen molar-refractivity contribution in [2.45, 2.75) is 143 Å². The van der Waals surface area contributed by atoms with Gasteiger partial charge in [0.2, 0.25) is 17.7 Å². The molecule has 0 spiro atoms. The fraction of sp³-hybridized carbons (Fsp3) is 0.436. The van der Waals surface area contributed by atoms with Crippen molar-refractivity contribution >= 4 is 46.4 Å². The predicted octanol–water partition coefficient (Wildman–Crippen LogP) is 8.18. The number of imidazole rings is 1. The van der Waals surface area contributed by atoms with E-state index >= 15 is 0 Å². The third-order valence-electron chi connectivity index (χ3n) is 14.4. The quantitative estimate of drug-likeness (QED) is 0.0789. The van der Waals surface area contributed by atoms with Crippen LogP contribution in [0.4, 0.5) is 0 Å². The van der Waals surface area contributed by atoms with Crippen LogP contribution in [-0.2, 0) is 20.8 Å². The summed E-state index contributed by atoms with van der Waals surface area (Å²) in [7, 11) is 0. The number of aromatic nitrogens is 5. The van der Waals surface area contributed by atoms with Crippen LogP contribution < -0.4 is 20.7 Å². The van der Waals surface area contributed by atoms with Crippen LogP contribution in [0.5, 0.6) is 5.75 Å². The second-order valence-corrected chi connectivity index (χ2v) is 22.5. The minimum atomic E-state index is -0.810. The Bertz CT molecular complexity index is 2970. The summed E-state index contributed by atoms with van der Waals surface area (Å²) >= 11 is 7.95. The Hall–Kier alpha value is -6.20. The minimum absolute atomic E-state index is 0.0177. The molecular weight excluding hydrogens is 948 g/mol. The molecule has 15 nitrogen and oxygen atoms in total. The molecule has 9 rings (SSSR count). The van der Waals surface area contributed by atoms with E-state index in [1.54, 1.807) is 22.4 Å². The van der Waals surface area contributed by atoms with Crippen molar-refractivity contribution in [2.24, 2.45) is 10.4 Å². The first-order valence-corrected chi connectivity index (χ1v) is 26.1. The standard InChI is InChI=1S/C55H65ClN10O5S/c1-30-33(4)72-54-49(30)50(38-12-16-39(56)17-13-38)60-45(52-63-62-35(6)66(52)54)28-48(69)59-40-25-44(26-40)71-43-20-10-36(11-21-43)24-47(68)61-51(55(7,8)9)53(70)65-29-42(67)27-46(65)32(3)58-31(2)37-14-18-41(19-15-37)64-23-22-57-34(64)5/h10-23,31-32,40,42,44-46,51,58,67H,24-29H2,1-9H3,(H,59,69)(H,61,68)/t31-,32?,40-,42+,44-,45-,46?,51+/m0/s1. The number of benzene rings is 3. The topological polar surface area (TPSA) is 181 Å². The maximum absolute atomic E-state index is 14.4. The monoisotopic (exact) mass is 1010 g/mol. The van der Waals surface area contributed by atoms with Crippen LogP contribution in [-0.4, -0.2) is 101 Å². The van der Waals surface area contributed by atoms with E-state index < -0.39 is 23.6 Å². The van der Waals surface area contributed by atoms with Gasteiger partial charge < -0.3 is 35.3 Å². The van der Waals surface area contributed by atoms with Crippen LogP contribution in [0.3, 0.4) is 0 Å². The lowest BCUT2D eigenvalue weighted by Gasteiger charge is -2.38. The number of aliphatic hydroxyl groups is 1. The van der Waals surface area contributed by atoms with E-state index in [0.29, 0.717) is 35.9 Å². The van der Waals surface area contributed by atoms with Crippen LogP contribution in [0.25, 0.3) is 10.7 Å². The summed E-state index contributed by atoms with van der Waals surface area (Å²) in [5.41, 5.74) is 6.18. The number of hydrogen-bond donors (Lipinski definition) is 4. The van der Waals surface area contributed by atoms with Gasteiger partial charge >= 0.3 is 0 Å². The summed E-state index contributed by atoms with van der Waals surface area (Å²) in [5.74, 6) is 2.35. The summed E-state index contributed by atoms with van der Waals surface area (Å²) in [6.07, 6.45) is 4.89. The zero-order chi connectivity index (χ0) is 51.2. The number of hydrogen-bond acceptors (Lipinski definition) is 11. The summed E-state index contributed by atoms with van der Waals surface area (Å²) < 4.78 is 10.4. The zero-order valence-electron chi connectivity index (χ0n) is 42.4. The molecule has 3 aliphatic rings. The molecule has 1 aliphatic carbocycles. The highest BCUT2D eigenvalue weighted by Gasteiger charge is 2.44. The van der Waals surface area contributed by atoms with E-state index in [2.05, 4.69) is 76.2 Å². The molecule has 3 amide bonds. The Balaban J connectivity index is 0.768. The molecule has 1 saturated carbocycles. The smallest absolute Gasteiger partial charge is 0.246 e. The molecule has 6 aromatic rings. The highest BCUT2D eigenvalue weighted by molar-refractivity contribution is 7.15. The van der Waals surface area contributed by atoms with Crippen molar-refractivity contribution in [1.82, 2.24) is 45.2 Å². The summed E-state index contributed by atoms with van der Waals surface area (Å²) in [6.45, 7) is 18.3. The fourth-order valence-electron chi connectivity index (χ4n) is 10.2. The Morgan fingerprint density at radius 3 is 2.28 bits per heavy atom. The summed E-state index contributed by atoms with van der Waals surface area (Å²) in [4.78, 5) is 54.3. The molecule has 3 aromatic carbocycles. The number of amides is 3. The molecule has 5 heterocycles. The summed E-state index contributed by atoms with van der Waals surface area (Å²) in [5, 5.41) is 31.4. The highest BCUT2D eigenvalue weighted by atomic mass is 35.5. The number of aliphatic hydroxyl groups excluding tert-OH is 1. The van der Waals surface area contributed by atoms with E-state index in [1.165, 1.54) is 4.88 Å². The number of ether oxygens (including phenoxy) is 1. The molecule has 0 radical (unpaired) electrons. The van der Waals surface area contributed by atoms with Crippen molar-refractivity contribution in [3.8, 4) is 16.4 Å². The molecule has 1 saturated heterocycles. The predicted molar refractivity (Wildman–Crippen MR) is 280 cm³/mol. The lowest BCUT2D eigenvalue weighted by molar-refractivity contribution is -0.140. The van der Waals surface area contributed by atoms with Crippen LogP contribution in [0.15, 0.2) is 90.2 Å². The second-order valence-electron chi connectivity index (χ2n) is 20.8. The molecule has 378 valence electrons. The number of aryl methyl sites for hydroxylation is 3. The molecule has 72 heavy (non-hydrogen) atoms. The van der Waals surface area contributed by atoms with E-state index in [4.69, 9.17) is 21.3 Å². The number of fused-ring (bicyclic) bond motifs is 3. The number of rotatable bonds is 15. The molecular formula is C55H65ClN10O5S. The van der Waals surface area contributed by atoms with Gasteiger partial charge in [0.15, 0.2) is 5.82 Å². The van der Waals surface area contributed by atoms with E-state index in [0.717, 1.165) is 55.9 Å². The Labute approximate surface area is 430 Å². The van der Waals surface area contributed by atoms with Gasteiger partial charge in [-0.3, -0.25) is 23.9 Å². The van der Waals surface area contributed by atoms with Crippen molar-refractivity contribution in [3.05, 3.63) is 140 Å². The van der Waals surface area contributed by atoms with Gasteiger partial charge in [0.05, 0.1) is 24.7 Å². The molecule has 4 N–H and O–H groups in total. The maximum atomic E-state index is 14.4. The number of aliphatic imine (C=N–C) groups is 1. The van der Waals surface area contributed by atoms with Gasteiger partial charge in [-0.15, -0.1) is 21.5 Å². The number of nitrogens with one attached hydrogen (secondary N) is 3. The molecule has 0 bridgehead atoms. The van der Waals surface area contributed by atoms with Crippen LogP contribution in [0.1, 0.15) is 123 Å². The van der Waals surface area contributed by atoms with Crippen molar-refractivity contribution < 1.29 is 24.2 Å². The number of carbonyl (C=O) groups excluding carboxylic acids is 3. The second kappa shape index (κ2) is 20.7. The normalized spacial score (nSPS) is 20.8. The fourth-order valence-corrected chi connectivity index (χ4v) is 11.6. The maximum Gasteiger partial charge on any atom is 0.246 e. The largest absolute Gasteiger partial charge is 0.490 e. The molecule has 2 unspecified atom stereocenters. The van der Waals surface area contributed by atoms with E-state index in [1.807, 2.05) is 105 Å². The number of halogens is 1. The average Bonchev–Trinajstić information content (AvgIpc) is 4.10. The summed E-state index contributed by atoms with van der Waals surface area (Å²) in [6, 6.07) is 21.5. The van der Waals surface area contributed by atoms with Gasteiger partial charge in [-0.25, -0.2) is 4.98 Å². The third kappa shape index (κ3) is 10.8. The average molecular weight is 1010 g/mol. The van der Waals surface area contributed by atoms with Gasteiger partial charge in [0.1, 0.15) is 40.6 Å². The van der Waals surface area contributed by atoms with Gasteiger partial charge in [0, 0.05) is 82.7 Å². The molecule has 2 aliphatic heterocycles. The third-order valence-corrected chi connectivity index (χ3v) is 15.8. The first kappa shape index (κ1) is 50.7. The minimum Gasteiger partial charge on any atom is -0.490 e. The van der Waals surface area contributed by atoms with Gasteiger partial charge in [0.25, 0.3) is 0 Å². The SMILES string of the molecule is Cc1sc2c(c1C)C(c1ccc(Cl)cc1)=N[C@@H](CC(=O)N[C@H]1C[C@H](Oc3ccc(CC(=O)N[C@H](C(=O)N4C[C@H](O)CC4C(C)N[C@@H](C)c4ccc(-n5ccnc5C)cc4)C(C)(C)C)cc3)C1)c1nnc(C)n1-2. The van der Waals surface area contributed by atoms with Gasteiger partial charge in [-0.1, -0.05) is 68.8 Å². The molecule has 2 fully saturated rings. The Kier molecular flexibility index (Phi) is 14.6. The highest BCUT2D eigenvalue weighted by Crippen LogP contribution is 2.40. The Morgan fingerprint density at radius 2 is 1.61 bits per heavy atom. The van der Waals surface area contributed by atoms with Crippen molar-refractivity contribution in [1.29, 1.82) is 0 Å².